The van der Waals surface area contributed by atoms with E-state index in [2.05, 4.69) is 18.2 Å². The zero-order valence-corrected chi connectivity index (χ0v) is 13.3. The predicted octanol–water partition coefficient (Wildman–Crippen LogP) is 3.75. The van der Waals surface area contributed by atoms with E-state index in [9.17, 15) is 4.79 Å². The summed E-state index contributed by atoms with van der Waals surface area (Å²) in [5.41, 5.74) is 1.24. The van der Waals surface area contributed by atoms with Crippen LogP contribution >= 0.6 is 11.3 Å². The van der Waals surface area contributed by atoms with Crippen LogP contribution in [0, 0.1) is 0 Å². The number of ether oxygens (including phenoxy) is 1. The lowest BCUT2D eigenvalue weighted by atomic mass is 9.83. The molecule has 0 saturated carbocycles. The summed E-state index contributed by atoms with van der Waals surface area (Å²) in [4.78, 5) is 15.2. The topological polar surface area (TPSA) is 29.5 Å². The van der Waals surface area contributed by atoms with E-state index in [0.717, 1.165) is 49.4 Å². The van der Waals surface area contributed by atoms with Crippen molar-refractivity contribution in [1.29, 1.82) is 0 Å². The van der Waals surface area contributed by atoms with Crippen LogP contribution in [0.25, 0.3) is 0 Å². The Bertz CT molecular complexity index is 672. The molecule has 0 N–H and O–H groups in total. The van der Waals surface area contributed by atoms with Gasteiger partial charge in [0.1, 0.15) is 11.4 Å². The lowest BCUT2D eigenvalue weighted by Gasteiger charge is -2.44. The Hall–Kier alpha value is -1.81. The van der Waals surface area contributed by atoms with Crippen LogP contribution in [0.1, 0.15) is 34.5 Å². The molecule has 1 amide bonds. The van der Waals surface area contributed by atoms with Crippen LogP contribution in [-0.2, 0) is 6.42 Å². The van der Waals surface area contributed by atoms with E-state index < -0.39 is 0 Å². The maximum atomic E-state index is 12.4. The van der Waals surface area contributed by atoms with Crippen molar-refractivity contribution in [2.45, 2.75) is 31.3 Å². The van der Waals surface area contributed by atoms with Gasteiger partial charge in [-0.05, 0) is 35.9 Å². The number of benzene rings is 1. The van der Waals surface area contributed by atoms with Gasteiger partial charge in [-0.3, -0.25) is 4.79 Å². The molecule has 3 heterocycles. The molecule has 0 aliphatic carbocycles. The Morgan fingerprint density at radius 2 is 1.91 bits per heavy atom. The summed E-state index contributed by atoms with van der Waals surface area (Å²) in [6.45, 7) is 1.58. The molecule has 2 aliphatic heterocycles. The van der Waals surface area contributed by atoms with Gasteiger partial charge in [0.15, 0.2) is 0 Å². The Kier molecular flexibility index (Phi) is 3.41. The van der Waals surface area contributed by atoms with Gasteiger partial charge in [-0.25, -0.2) is 0 Å². The second kappa shape index (κ2) is 5.43. The fourth-order valence-corrected chi connectivity index (χ4v) is 4.17. The van der Waals surface area contributed by atoms with Crippen molar-refractivity contribution >= 4 is 17.2 Å². The zero-order chi connectivity index (χ0) is 15.0. The van der Waals surface area contributed by atoms with Crippen LogP contribution in [0.3, 0.4) is 0 Å². The molecule has 0 unspecified atom stereocenters. The van der Waals surface area contributed by atoms with Gasteiger partial charge >= 0.3 is 0 Å². The van der Waals surface area contributed by atoms with Crippen LogP contribution in [0.4, 0.5) is 0 Å². The monoisotopic (exact) mass is 313 g/mol. The van der Waals surface area contributed by atoms with Crippen molar-refractivity contribution in [3.05, 3.63) is 52.2 Å². The number of thiophene rings is 1. The second-order valence-corrected chi connectivity index (χ2v) is 7.11. The van der Waals surface area contributed by atoms with Crippen LogP contribution in [0.15, 0.2) is 41.8 Å². The highest BCUT2D eigenvalue weighted by molar-refractivity contribution is 7.12. The molecule has 1 spiro atoms. The van der Waals surface area contributed by atoms with Gasteiger partial charge in [-0.15, -0.1) is 11.3 Å². The Morgan fingerprint density at radius 1 is 1.09 bits per heavy atom. The van der Waals surface area contributed by atoms with Crippen LogP contribution in [0.5, 0.6) is 5.75 Å². The van der Waals surface area contributed by atoms with Crippen molar-refractivity contribution in [2.75, 3.05) is 13.1 Å². The quantitative estimate of drug-likeness (QED) is 0.802. The summed E-state index contributed by atoms with van der Waals surface area (Å²) in [6.07, 6.45) is 4.00. The predicted molar refractivity (Wildman–Crippen MR) is 87.6 cm³/mol. The van der Waals surface area contributed by atoms with Gasteiger partial charge in [0.05, 0.1) is 4.88 Å². The number of fused-ring (bicyclic) bond motifs is 1. The number of amides is 1. The molecular weight excluding hydrogens is 294 g/mol. The number of likely N-dealkylation sites (tertiary alicyclic amines) is 1. The fourth-order valence-electron chi connectivity index (χ4n) is 3.48. The van der Waals surface area contributed by atoms with Gasteiger partial charge in [0.2, 0.25) is 0 Å². The first kappa shape index (κ1) is 13.8. The molecule has 4 heteroatoms. The van der Waals surface area contributed by atoms with Crippen LogP contribution in [-0.4, -0.2) is 29.5 Å². The molecule has 0 bridgehead atoms. The summed E-state index contributed by atoms with van der Waals surface area (Å²) in [5.74, 6) is 1.20. The molecule has 1 saturated heterocycles. The molecule has 2 aromatic rings. The highest BCUT2D eigenvalue weighted by Crippen LogP contribution is 2.39. The largest absolute Gasteiger partial charge is 0.487 e. The highest BCUT2D eigenvalue weighted by atomic mass is 32.1. The van der Waals surface area contributed by atoms with E-state index in [1.54, 1.807) is 0 Å². The fraction of sp³-hybridized carbons (Fsp3) is 0.389. The smallest absolute Gasteiger partial charge is 0.263 e. The van der Waals surface area contributed by atoms with E-state index in [4.69, 9.17) is 4.74 Å². The third-order valence-electron chi connectivity index (χ3n) is 4.84. The number of rotatable bonds is 1. The van der Waals surface area contributed by atoms with Gasteiger partial charge in [0, 0.05) is 25.9 Å². The van der Waals surface area contributed by atoms with Crippen molar-refractivity contribution < 1.29 is 9.53 Å². The second-order valence-electron chi connectivity index (χ2n) is 6.16. The third kappa shape index (κ3) is 2.41. The van der Waals surface area contributed by atoms with Gasteiger partial charge in [-0.2, -0.15) is 0 Å². The van der Waals surface area contributed by atoms with Crippen LogP contribution in [0.2, 0.25) is 0 Å². The number of carbonyl (C=O) groups excluding carboxylic acids is 1. The molecule has 4 rings (SSSR count). The van der Waals surface area contributed by atoms with E-state index in [-0.39, 0.29) is 11.5 Å². The van der Waals surface area contributed by atoms with E-state index in [1.807, 2.05) is 28.5 Å². The first-order chi connectivity index (χ1) is 10.8. The number of carbonyl (C=O) groups is 1. The number of hydrogen-bond acceptors (Lipinski definition) is 3. The van der Waals surface area contributed by atoms with E-state index >= 15 is 0 Å². The standard InChI is InChI=1S/C18H19NO2S/c20-17(16-6-3-13-22-16)19-11-9-18(10-12-19)8-7-14-4-1-2-5-15(14)21-18/h1-6,13H,7-12H2. The maximum absolute atomic E-state index is 12.4. The molecule has 2 aliphatic rings. The van der Waals surface area contributed by atoms with Gasteiger partial charge in [0.25, 0.3) is 5.91 Å². The zero-order valence-electron chi connectivity index (χ0n) is 12.5. The Morgan fingerprint density at radius 3 is 2.68 bits per heavy atom. The van der Waals surface area contributed by atoms with E-state index in [0.29, 0.717) is 0 Å². The summed E-state index contributed by atoms with van der Waals surface area (Å²) in [6, 6.07) is 12.2. The minimum absolute atomic E-state index is 0.0689. The lowest BCUT2D eigenvalue weighted by Crippen LogP contribution is -2.51. The summed E-state index contributed by atoms with van der Waals surface area (Å²) in [7, 11) is 0. The number of para-hydroxylation sites is 1. The minimum Gasteiger partial charge on any atom is -0.487 e. The molecule has 0 atom stereocenters. The Balaban J connectivity index is 1.45. The number of nitrogens with zero attached hydrogens (tertiary/aromatic N) is 1. The van der Waals surface area contributed by atoms with E-state index in [1.165, 1.54) is 16.9 Å². The van der Waals surface area contributed by atoms with Crippen molar-refractivity contribution in [3.8, 4) is 5.75 Å². The number of aryl methyl sites for hydroxylation is 1. The summed E-state index contributed by atoms with van der Waals surface area (Å²) < 4.78 is 6.34. The number of piperidine rings is 1. The molecule has 3 nitrogen and oxygen atoms in total. The molecule has 1 aromatic carbocycles. The third-order valence-corrected chi connectivity index (χ3v) is 5.70. The number of hydrogen-bond donors (Lipinski definition) is 0. The molecule has 1 fully saturated rings. The average molecular weight is 313 g/mol. The van der Waals surface area contributed by atoms with Crippen LogP contribution < -0.4 is 4.74 Å². The van der Waals surface area contributed by atoms with Gasteiger partial charge < -0.3 is 9.64 Å². The SMILES string of the molecule is O=C(c1cccs1)N1CCC2(CCc3ccccc3O2)CC1. The molecule has 114 valence electrons. The van der Waals surface area contributed by atoms with Crippen molar-refractivity contribution in [2.24, 2.45) is 0 Å². The summed E-state index contributed by atoms with van der Waals surface area (Å²) in [5, 5.41) is 1.96. The lowest BCUT2D eigenvalue weighted by molar-refractivity contribution is -0.0105. The first-order valence-electron chi connectivity index (χ1n) is 7.86. The normalized spacial score (nSPS) is 19.5. The van der Waals surface area contributed by atoms with Crippen molar-refractivity contribution in [1.82, 2.24) is 4.90 Å². The minimum atomic E-state index is -0.0689. The first-order valence-corrected chi connectivity index (χ1v) is 8.73. The van der Waals surface area contributed by atoms with Gasteiger partial charge in [-0.1, -0.05) is 24.3 Å². The van der Waals surface area contributed by atoms with Crippen molar-refractivity contribution in [3.63, 3.8) is 0 Å². The average Bonchev–Trinajstić information content (AvgIpc) is 3.09. The maximum Gasteiger partial charge on any atom is 0.263 e. The molecular formula is C18H19NO2S. The molecule has 22 heavy (non-hydrogen) atoms. The highest BCUT2D eigenvalue weighted by Gasteiger charge is 2.40. The molecule has 1 aromatic heterocycles. The Labute approximate surface area is 134 Å². The summed E-state index contributed by atoms with van der Waals surface area (Å²) >= 11 is 1.52. The molecule has 0 radical (unpaired) electrons.